The van der Waals surface area contributed by atoms with Gasteiger partial charge in [0.25, 0.3) is 0 Å². The van der Waals surface area contributed by atoms with Gasteiger partial charge < -0.3 is 10.3 Å². The fourth-order valence-electron chi connectivity index (χ4n) is 1.48. The monoisotopic (exact) mass is 270 g/mol. The van der Waals surface area contributed by atoms with Gasteiger partial charge in [0.15, 0.2) is 0 Å². The van der Waals surface area contributed by atoms with E-state index in [1.54, 1.807) is 24.2 Å². The van der Waals surface area contributed by atoms with Crippen LogP contribution >= 0.6 is 11.8 Å². The maximum atomic E-state index is 4.29. The SMILES string of the molecule is C=N/C=C(/C#Cc1cnc2[nH]ccc2c1)SCNC. The third kappa shape index (κ3) is 3.71. The normalized spacial score (nSPS) is 11.1. The second-order valence-corrected chi connectivity index (χ2v) is 4.72. The van der Waals surface area contributed by atoms with Crippen molar-refractivity contribution < 1.29 is 0 Å². The smallest absolute Gasteiger partial charge is 0.137 e. The average molecular weight is 270 g/mol. The van der Waals surface area contributed by atoms with Crippen molar-refractivity contribution in [1.29, 1.82) is 0 Å². The van der Waals surface area contributed by atoms with Gasteiger partial charge in [-0.3, -0.25) is 4.99 Å². The van der Waals surface area contributed by atoms with Gasteiger partial charge in [-0.05, 0) is 25.9 Å². The van der Waals surface area contributed by atoms with E-state index in [0.717, 1.165) is 27.4 Å². The van der Waals surface area contributed by atoms with Crippen molar-refractivity contribution in [1.82, 2.24) is 15.3 Å². The fraction of sp³-hybridized carbons (Fsp3) is 0.143. The van der Waals surface area contributed by atoms with Crippen LogP contribution in [0.4, 0.5) is 0 Å². The van der Waals surface area contributed by atoms with E-state index in [0.29, 0.717) is 0 Å². The van der Waals surface area contributed by atoms with Gasteiger partial charge in [-0.15, -0.1) is 11.8 Å². The van der Waals surface area contributed by atoms with E-state index < -0.39 is 0 Å². The Balaban J connectivity index is 2.20. The minimum atomic E-state index is 0.783. The molecule has 0 amide bonds. The summed E-state index contributed by atoms with van der Waals surface area (Å²) in [6, 6.07) is 3.98. The Labute approximate surface area is 116 Å². The zero-order chi connectivity index (χ0) is 13.5. The highest BCUT2D eigenvalue weighted by molar-refractivity contribution is 8.03. The minimum absolute atomic E-state index is 0.783. The van der Waals surface area contributed by atoms with Crippen molar-refractivity contribution in [2.75, 3.05) is 12.9 Å². The molecule has 96 valence electrons. The van der Waals surface area contributed by atoms with Gasteiger partial charge in [-0.2, -0.15) is 0 Å². The third-order valence-corrected chi connectivity index (χ3v) is 3.26. The number of nitrogens with zero attached hydrogens (tertiary/aromatic N) is 2. The topological polar surface area (TPSA) is 53.1 Å². The molecule has 0 aromatic carbocycles. The number of hydrogen-bond acceptors (Lipinski definition) is 4. The Morgan fingerprint density at radius 2 is 2.58 bits per heavy atom. The lowest BCUT2D eigenvalue weighted by Crippen LogP contribution is -2.03. The lowest BCUT2D eigenvalue weighted by molar-refractivity contribution is 0.985. The second kappa shape index (κ2) is 6.78. The molecule has 0 fully saturated rings. The Morgan fingerprint density at radius 3 is 3.37 bits per heavy atom. The largest absolute Gasteiger partial charge is 0.346 e. The Bertz CT molecular complexity index is 661. The number of rotatable bonds is 4. The van der Waals surface area contributed by atoms with Crippen LogP contribution in [-0.4, -0.2) is 29.6 Å². The number of aromatic amines is 1. The van der Waals surface area contributed by atoms with Crippen LogP contribution in [-0.2, 0) is 0 Å². The Hall–Kier alpha value is -2.03. The number of pyridine rings is 1. The molecular formula is C14H14N4S. The van der Waals surface area contributed by atoms with E-state index in [2.05, 4.69) is 38.8 Å². The molecule has 19 heavy (non-hydrogen) atoms. The molecule has 0 radical (unpaired) electrons. The first-order valence-electron chi connectivity index (χ1n) is 5.72. The molecule has 0 spiro atoms. The molecule has 4 nitrogen and oxygen atoms in total. The van der Waals surface area contributed by atoms with E-state index in [1.165, 1.54) is 0 Å². The summed E-state index contributed by atoms with van der Waals surface area (Å²) in [7, 11) is 1.89. The number of allylic oxidation sites excluding steroid dienone is 1. The highest BCUT2D eigenvalue weighted by Gasteiger charge is 1.96. The molecule has 2 heterocycles. The van der Waals surface area contributed by atoms with Crippen LogP contribution in [0.5, 0.6) is 0 Å². The summed E-state index contributed by atoms with van der Waals surface area (Å²) in [5.74, 6) is 6.95. The number of aromatic nitrogens is 2. The number of hydrogen-bond donors (Lipinski definition) is 2. The molecule has 0 unspecified atom stereocenters. The van der Waals surface area contributed by atoms with Crippen molar-refractivity contribution in [3.8, 4) is 11.8 Å². The number of aliphatic imine (C=N–C) groups is 1. The average Bonchev–Trinajstić information content (AvgIpc) is 2.89. The molecule has 0 saturated heterocycles. The number of fused-ring (bicyclic) bond motifs is 1. The van der Waals surface area contributed by atoms with Crippen LogP contribution in [0.15, 0.2) is 40.6 Å². The molecule has 0 aliphatic heterocycles. The summed E-state index contributed by atoms with van der Waals surface area (Å²) in [4.78, 5) is 12.0. The first-order valence-corrected chi connectivity index (χ1v) is 6.70. The number of nitrogens with one attached hydrogen (secondary N) is 2. The molecule has 0 saturated carbocycles. The van der Waals surface area contributed by atoms with Gasteiger partial charge in [0.2, 0.25) is 0 Å². The van der Waals surface area contributed by atoms with Crippen LogP contribution in [0.25, 0.3) is 11.0 Å². The van der Waals surface area contributed by atoms with Crippen LogP contribution < -0.4 is 5.32 Å². The van der Waals surface area contributed by atoms with Crippen molar-refractivity contribution >= 4 is 29.5 Å². The van der Waals surface area contributed by atoms with E-state index >= 15 is 0 Å². The summed E-state index contributed by atoms with van der Waals surface area (Å²) in [5, 5.41) is 4.11. The highest BCUT2D eigenvalue weighted by atomic mass is 32.2. The zero-order valence-electron chi connectivity index (χ0n) is 10.6. The van der Waals surface area contributed by atoms with Crippen molar-refractivity contribution in [3.63, 3.8) is 0 Å². The quantitative estimate of drug-likeness (QED) is 0.509. The first kappa shape index (κ1) is 13.4. The van der Waals surface area contributed by atoms with E-state index in [1.807, 2.05) is 25.4 Å². The summed E-state index contributed by atoms with van der Waals surface area (Å²) in [6.07, 6.45) is 5.29. The predicted molar refractivity (Wildman–Crippen MR) is 82.1 cm³/mol. The summed E-state index contributed by atoms with van der Waals surface area (Å²) < 4.78 is 0. The summed E-state index contributed by atoms with van der Waals surface area (Å²) in [5.41, 5.74) is 1.76. The van der Waals surface area contributed by atoms with Crippen LogP contribution in [0.3, 0.4) is 0 Å². The van der Waals surface area contributed by atoms with Gasteiger partial charge in [-0.25, -0.2) is 4.98 Å². The van der Waals surface area contributed by atoms with Crippen molar-refractivity contribution in [3.05, 3.63) is 41.2 Å². The van der Waals surface area contributed by atoms with Gasteiger partial charge in [0.05, 0.1) is 4.91 Å². The second-order valence-electron chi connectivity index (χ2n) is 3.71. The first-order chi connectivity index (χ1) is 9.33. The Morgan fingerprint density at radius 1 is 1.68 bits per heavy atom. The molecule has 2 aromatic rings. The third-order valence-electron chi connectivity index (χ3n) is 2.31. The molecule has 0 aliphatic carbocycles. The molecular weight excluding hydrogens is 256 g/mol. The standard InChI is InChI=1S/C14H14N4S/c1-15-9-13(19-10-16-2)4-3-11-7-12-5-6-17-14(12)18-8-11/h5-9,16H,1,10H2,2H3,(H,17,18)/b13-9-. The molecule has 2 rings (SSSR count). The minimum Gasteiger partial charge on any atom is -0.346 e. The molecule has 2 N–H and O–H groups in total. The lowest BCUT2D eigenvalue weighted by atomic mass is 10.2. The molecule has 2 aromatic heterocycles. The molecule has 0 bridgehead atoms. The van der Waals surface area contributed by atoms with Crippen LogP contribution in [0.2, 0.25) is 0 Å². The Kier molecular flexibility index (Phi) is 4.78. The molecule has 0 atom stereocenters. The van der Waals surface area contributed by atoms with E-state index in [-0.39, 0.29) is 0 Å². The summed E-state index contributed by atoms with van der Waals surface area (Å²) in [6.45, 7) is 3.45. The van der Waals surface area contributed by atoms with E-state index in [4.69, 9.17) is 0 Å². The fourth-order valence-corrected chi connectivity index (χ4v) is 2.05. The zero-order valence-corrected chi connectivity index (χ0v) is 11.4. The summed E-state index contributed by atoms with van der Waals surface area (Å²) >= 11 is 1.59. The van der Waals surface area contributed by atoms with Crippen LogP contribution in [0.1, 0.15) is 5.56 Å². The van der Waals surface area contributed by atoms with Crippen molar-refractivity contribution in [2.45, 2.75) is 0 Å². The maximum Gasteiger partial charge on any atom is 0.137 e. The van der Waals surface area contributed by atoms with Gasteiger partial charge >= 0.3 is 0 Å². The lowest BCUT2D eigenvalue weighted by Gasteiger charge is -1.97. The number of thioether (sulfide) groups is 1. The molecule has 5 heteroatoms. The number of H-pyrrole nitrogens is 1. The van der Waals surface area contributed by atoms with E-state index in [9.17, 15) is 0 Å². The van der Waals surface area contributed by atoms with Gasteiger partial charge in [-0.1, -0.05) is 11.8 Å². The van der Waals surface area contributed by atoms with Gasteiger partial charge in [0.1, 0.15) is 5.65 Å². The van der Waals surface area contributed by atoms with Crippen molar-refractivity contribution in [2.24, 2.45) is 4.99 Å². The predicted octanol–water partition coefficient (Wildman–Crippen LogP) is 2.37. The van der Waals surface area contributed by atoms with Gasteiger partial charge in [0, 0.05) is 35.4 Å². The molecule has 0 aliphatic rings. The highest BCUT2D eigenvalue weighted by Crippen LogP contribution is 2.14. The maximum absolute atomic E-state index is 4.29. The van der Waals surface area contributed by atoms with Crippen LogP contribution in [0, 0.1) is 11.8 Å².